The molecule has 0 saturated carbocycles. The Labute approximate surface area is 113 Å². The summed E-state index contributed by atoms with van der Waals surface area (Å²) in [5.41, 5.74) is 0.870. The van der Waals surface area contributed by atoms with Gasteiger partial charge >= 0.3 is 0 Å². The van der Waals surface area contributed by atoms with E-state index in [-0.39, 0.29) is 0 Å². The maximum Gasteiger partial charge on any atom is 0.184 e. The van der Waals surface area contributed by atoms with Crippen LogP contribution < -0.4 is 9.47 Å². The Morgan fingerprint density at radius 3 is 2.72 bits per heavy atom. The zero-order chi connectivity index (χ0) is 13.4. The van der Waals surface area contributed by atoms with E-state index in [0.29, 0.717) is 24.7 Å². The highest BCUT2D eigenvalue weighted by molar-refractivity contribution is 6.17. The molecule has 0 aliphatic rings. The van der Waals surface area contributed by atoms with E-state index in [2.05, 4.69) is 6.07 Å². The number of benzene rings is 1. The van der Waals surface area contributed by atoms with Crippen LogP contribution in [0.25, 0.3) is 0 Å². The van der Waals surface area contributed by atoms with Crippen molar-refractivity contribution < 1.29 is 9.47 Å². The van der Waals surface area contributed by atoms with Crippen LogP contribution in [0.5, 0.6) is 11.5 Å². The molecule has 0 saturated heterocycles. The predicted octanol–water partition coefficient (Wildman–Crippen LogP) is 3.90. The van der Waals surface area contributed by atoms with E-state index in [4.69, 9.17) is 26.3 Å². The second kappa shape index (κ2) is 7.84. The zero-order valence-corrected chi connectivity index (χ0v) is 11.5. The van der Waals surface area contributed by atoms with Gasteiger partial charge in [0, 0.05) is 11.6 Å². The molecule has 1 rings (SSSR count). The quantitative estimate of drug-likeness (QED) is 0.704. The molecule has 0 fully saturated rings. The zero-order valence-electron chi connectivity index (χ0n) is 10.8. The molecular formula is C14H18ClNO2. The van der Waals surface area contributed by atoms with Gasteiger partial charge in [0.1, 0.15) is 17.6 Å². The SMILES string of the molecule is CCCOc1ccc(CCl)c(OC(C#N)CC)c1. The fraction of sp³-hybridized carbons (Fsp3) is 0.500. The molecule has 1 aromatic carbocycles. The molecule has 0 heterocycles. The van der Waals surface area contributed by atoms with E-state index in [9.17, 15) is 0 Å². The van der Waals surface area contributed by atoms with Crippen molar-refractivity contribution in [2.24, 2.45) is 0 Å². The third-order valence-corrected chi connectivity index (χ3v) is 2.73. The minimum atomic E-state index is -0.451. The van der Waals surface area contributed by atoms with Crippen molar-refractivity contribution in [2.75, 3.05) is 6.61 Å². The lowest BCUT2D eigenvalue weighted by molar-refractivity contribution is 0.247. The second-order valence-electron chi connectivity index (χ2n) is 3.90. The molecule has 3 nitrogen and oxygen atoms in total. The average molecular weight is 268 g/mol. The van der Waals surface area contributed by atoms with Crippen LogP contribution >= 0.6 is 11.6 Å². The smallest absolute Gasteiger partial charge is 0.184 e. The van der Waals surface area contributed by atoms with Crippen molar-refractivity contribution in [3.63, 3.8) is 0 Å². The Balaban J connectivity index is 2.88. The van der Waals surface area contributed by atoms with Crippen molar-refractivity contribution in [2.45, 2.75) is 38.7 Å². The molecule has 0 aliphatic carbocycles. The largest absolute Gasteiger partial charge is 0.493 e. The van der Waals surface area contributed by atoms with Gasteiger partial charge < -0.3 is 9.47 Å². The number of alkyl halides is 1. The highest BCUT2D eigenvalue weighted by atomic mass is 35.5. The van der Waals surface area contributed by atoms with Gasteiger partial charge in [-0.1, -0.05) is 19.9 Å². The summed E-state index contributed by atoms with van der Waals surface area (Å²) in [6.07, 6.45) is 1.13. The summed E-state index contributed by atoms with van der Waals surface area (Å²) < 4.78 is 11.2. The third kappa shape index (κ3) is 4.12. The van der Waals surface area contributed by atoms with E-state index in [1.165, 1.54) is 0 Å². The molecule has 1 atom stereocenters. The van der Waals surface area contributed by atoms with E-state index in [0.717, 1.165) is 17.7 Å². The molecule has 0 spiro atoms. The molecule has 0 amide bonds. The number of hydrogen-bond acceptors (Lipinski definition) is 3. The Kier molecular flexibility index (Phi) is 6.38. The van der Waals surface area contributed by atoms with E-state index < -0.39 is 6.10 Å². The molecule has 0 bridgehead atoms. The topological polar surface area (TPSA) is 42.2 Å². The van der Waals surface area contributed by atoms with E-state index in [1.54, 1.807) is 6.07 Å². The molecule has 4 heteroatoms. The Morgan fingerprint density at radius 2 is 2.17 bits per heavy atom. The van der Waals surface area contributed by atoms with Crippen molar-refractivity contribution in [1.82, 2.24) is 0 Å². The summed E-state index contributed by atoms with van der Waals surface area (Å²) in [4.78, 5) is 0. The van der Waals surface area contributed by atoms with Crippen LogP contribution in [0.4, 0.5) is 0 Å². The first-order valence-corrected chi connectivity index (χ1v) is 6.66. The molecule has 0 aliphatic heterocycles. The molecular weight excluding hydrogens is 250 g/mol. The first-order chi connectivity index (χ1) is 8.74. The lowest BCUT2D eigenvalue weighted by Gasteiger charge is -2.15. The van der Waals surface area contributed by atoms with Gasteiger partial charge in [-0.2, -0.15) is 5.26 Å². The predicted molar refractivity (Wildman–Crippen MR) is 72.1 cm³/mol. The Bertz CT molecular complexity index is 415. The van der Waals surface area contributed by atoms with Gasteiger partial charge in [-0.3, -0.25) is 0 Å². The highest BCUT2D eigenvalue weighted by Gasteiger charge is 2.11. The fourth-order valence-corrected chi connectivity index (χ4v) is 1.64. The summed E-state index contributed by atoms with van der Waals surface area (Å²) in [6, 6.07) is 7.65. The van der Waals surface area contributed by atoms with Crippen LogP contribution in [0.1, 0.15) is 32.3 Å². The number of halogens is 1. The van der Waals surface area contributed by atoms with E-state index >= 15 is 0 Å². The number of rotatable bonds is 7. The van der Waals surface area contributed by atoms with Crippen molar-refractivity contribution in [3.05, 3.63) is 23.8 Å². The first-order valence-electron chi connectivity index (χ1n) is 6.13. The van der Waals surface area contributed by atoms with E-state index in [1.807, 2.05) is 26.0 Å². The van der Waals surface area contributed by atoms with Gasteiger partial charge in [-0.05, 0) is 18.9 Å². The number of ether oxygens (including phenoxy) is 2. The van der Waals surface area contributed by atoms with Gasteiger partial charge in [0.05, 0.1) is 12.5 Å². The molecule has 18 heavy (non-hydrogen) atoms. The monoisotopic (exact) mass is 267 g/mol. The number of nitrogens with zero attached hydrogens (tertiary/aromatic N) is 1. The van der Waals surface area contributed by atoms with Crippen LogP contribution in [-0.2, 0) is 5.88 Å². The minimum absolute atomic E-state index is 0.352. The number of hydrogen-bond donors (Lipinski definition) is 0. The third-order valence-electron chi connectivity index (χ3n) is 2.44. The van der Waals surface area contributed by atoms with Crippen molar-refractivity contribution in [1.29, 1.82) is 5.26 Å². The highest BCUT2D eigenvalue weighted by Crippen LogP contribution is 2.27. The van der Waals surface area contributed by atoms with Crippen molar-refractivity contribution >= 4 is 11.6 Å². The summed E-state index contributed by atoms with van der Waals surface area (Å²) in [7, 11) is 0. The molecule has 0 N–H and O–H groups in total. The summed E-state index contributed by atoms with van der Waals surface area (Å²) >= 11 is 5.85. The fourth-order valence-electron chi connectivity index (χ4n) is 1.42. The Hall–Kier alpha value is -1.40. The maximum absolute atomic E-state index is 8.92. The van der Waals surface area contributed by atoms with Gasteiger partial charge in [-0.15, -0.1) is 11.6 Å². The minimum Gasteiger partial charge on any atom is -0.493 e. The van der Waals surface area contributed by atoms with Crippen molar-refractivity contribution in [3.8, 4) is 17.6 Å². The molecule has 98 valence electrons. The first kappa shape index (κ1) is 14.7. The Morgan fingerprint density at radius 1 is 1.39 bits per heavy atom. The van der Waals surface area contributed by atoms with Crippen LogP contribution in [-0.4, -0.2) is 12.7 Å². The molecule has 0 radical (unpaired) electrons. The second-order valence-corrected chi connectivity index (χ2v) is 4.16. The lowest BCUT2D eigenvalue weighted by atomic mass is 10.2. The van der Waals surface area contributed by atoms with Gasteiger partial charge in [-0.25, -0.2) is 0 Å². The number of nitriles is 1. The van der Waals surface area contributed by atoms with Gasteiger partial charge in [0.2, 0.25) is 0 Å². The van der Waals surface area contributed by atoms with Crippen LogP contribution in [0.3, 0.4) is 0 Å². The summed E-state index contributed by atoms with van der Waals surface area (Å²) in [5, 5.41) is 8.92. The van der Waals surface area contributed by atoms with Gasteiger partial charge in [0.25, 0.3) is 0 Å². The molecule has 0 aromatic heterocycles. The van der Waals surface area contributed by atoms with Crippen LogP contribution in [0.15, 0.2) is 18.2 Å². The summed E-state index contributed by atoms with van der Waals surface area (Å²) in [5.74, 6) is 1.73. The molecule has 1 unspecified atom stereocenters. The lowest BCUT2D eigenvalue weighted by Crippen LogP contribution is -2.13. The van der Waals surface area contributed by atoms with Crippen LogP contribution in [0, 0.1) is 11.3 Å². The average Bonchev–Trinajstić information content (AvgIpc) is 2.42. The summed E-state index contributed by atoms with van der Waals surface area (Å²) in [6.45, 7) is 4.62. The van der Waals surface area contributed by atoms with Gasteiger partial charge in [0.15, 0.2) is 6.10 Å². The normalized spacial score (nSPS) is 11.7. The van der Waals surface area contributed by atoms with Crippen LogP contribution in [0.2, 0.25) is 0 Å². The standard InChI is InChI=1S/C14H18ClNO2/c1-3-7-17-13-6-5-11(9-15)14(8-13)18-12(4-2)10-16/h5-6,8,12H,3-4,7,9H2,1-2H3. The maximum atomic E-state index is 8.92. The molecule has 1 aromatic rings.